The Kier molecular flexibility index (Phi) is 3.47. The standard InChI is InChI=1S/C13H10BrNO/c14-12-5-1-3-10(7-12)8-13-11(9-16)4-2-6-15-13/h1-7,9H,8H2. The molecule has 0 spiro atoms. The Morgan fingerprint density at radius 3 is 2.88 bits per heavy atom. The minimum atomic E-state index is 0.655. The van der Waals surface area contributed by atoms with Gasteiger partial charge in [0, 0.05) is 22.7 Å². The zero-order valence-corrected chi connectivity index (χ0v) is 10.1. The van der Waals surface area contributed by atoms with Crippen LogP contribution in [0.15, 0.2) is 47.1 Å². The number of carbonyl (C=O) groups excluding carboxylic acids is 1. The van der Waals surface area contributed by atoms with Crippen LogP contribution in [0.1, 0.15) is 21.6 Å². The predicted molar refractivity (Wildman–Crippen MR) is 66.6 cm³/mol. The van der Waals surface area contributed by atoms with Crippen molar-refractivity contribution in [2.45, 2.75) is 6.42 Å². The predicted octanol–water partition coefficient (Wildman–Crippen LogP) is 3.25. The molecular weight excluding hydrogens is 266 g/mol. The van der Waals surface area contributed by atoms with Crippen LogP contribution in [0.3, 0.4) is 0 Å². The van der Waals surface area contributed by atoms with Gasteiger partial charge in [-0.1, -0.05) is 28.1 Å². The molecule has 0 atom stereocenters. The number of hydrogen-bond donors (Lipinski definition) is 0. The average Bonchev–Trinajstić information content (AvgIpc) is 2.30. The van der Waals surface area contributed by atoms with Gasteiger partial charge in [-0.05, 0) is 29.8 Å². The molecule has 0 bridgehead atoms. The van der Waals surface area contributed by atoms with Crippen molar-refractivity contribution in [3.63, 3.8) is 0 Å². The fourth-order valence-electron chi connectivity index (χ4n) is 1.55. The van der Waals surface area contributed by atoms with Gasteiger partial charge in [0.25, 0.3) is 0 Å². The highest BCUT2D eigenvalue weighted by molar-refractivity contribution is 9.10. The fraction of sp³-hybridized carbons (Fsp3) is 0.0769. The van der Waals surface area contributed by atoms with Gasteiger partial charge >= 0.3 is 0 Å². The molecule has 2 rings (SSSR count). The van der Waals surface area contributed by atoms with Gasteiger partial charge in [0.15, 0.2) is 6.29 Å². The summed E-state index contributed by atoms with van der Waals surface area (Å²) in [5.41, 5.74) is 2.61. The second kappa shape index (κ2) is 5.03. The number of benzene rings is 1. The van der Waals surface area contributed by atoms with E-state index in [1.54, 1.807) is 18.3 Å². The van der Waals surface area contributed by atoms with Crippen LogP contribution in [0.2, 0.25) is 0 Å². The van der Waals surface area contributed by atoms with Gasteiger partial charge in [-0.15, -0.1) is 0 Å². The normalized spacial score (nSPS) is 10.1. The maximum absolute atomic E-state index is 10.8. The van der Waals surface area contributed by atoms with Gasteiger partial charge in [-0.3, -0.25) is 9.78 Å². The van der Waals surface area contributed by atoms with Gasteiger partial charge in [-0.2, -0.15) is 0 Å². The molecule has 0 unspecified atom stereocenters. The van der Waals surface area contributed by atoms with Crippen LogP contribution in [0, 0.1) is 0 Å². The molecule has 0 radical (unpaired) electrons. The largest absolute Gasteiger partial charge is 0.298 e. The number of rotatable bonds is 3. The second-order valence-corrected chi connectivity index (χ2v) is 4.38. The van der Waals surface area contributed by atoms with Crippen molar-refractivity contribution < 1.29 is 4.79 Å². The van der Waals surface area contributed by atoms with E-state index in [-0.39, 0.29) is 0 Å². The first-order chi connectivity index (χ1) is 7.79. The van der Waals surface area contributed by atoms with E-state index in [1.165, 1.54) is 0 Å². The molecule has 0 aliphatic heterocycles. The number of hydrogen-bond acceptors (Lipinski definition) is 2. The summed E-state index contributed by atoms with van der Waals surface area (Å²) in [6.45, 7) is 0. The minimum Gasteiger partial charge on any atom is -0.298 e. The number of halogens is 1. The van der Waals surface area contributed by atoms with E-state index in [1.807, 2.05) is 24.3 Å². The summed E-state index contributed by atoms with van der Waals surface area (Å²) in [5, 5.41) is 0. The first-order valence-corrected chi connectivity index (χ1v) is 5.72. The molecule has 2 nitrogen and oxygen atoms in total. The summed E-state index contributed by atoms with van der Waals surface area (Å²) in [4.78, 5) is 15.1. The Morgan fingerprint density at radius 1 is 1.25 bits per heavy atom. The van der Waals surface area contributed by atoms with Gasteiger partial charge in [0.05, 0.1) is 5.69 Å². The first-order valence-electron chi connectivity index (χ1n) is 4.93. The molecule has 1 heterocycles. The van der Waals surface area contributed by atoms with Crippen molar-refractivity contribution in [1.29, 1.82) is 0 Å². The van der Waals surface area contributed by atoms with Crippen LogP contribution in [0.5, 0.6) is 0 Å². The molecular formula is C13H10BrNO. The topological polar surface area (TPSA) is 30.0 Å². The smallest absolute Gasteiger partial charge is 0.151 e. The molecule has 2 aromatic rings. The zero-order chi connectivity index (χ0) is 11.4. The van der Waals surface area contributed by atoms with Gasteiger partial charge in [-0.25, -0.2) is 0 Å². The number of pyridine rings is 1. The summed E-state index contributed by atoms with van der Waals surface area (Å²) in [6, 6.07) is 11.6. The molecule has 1 aromatic heterocycles. The Morgan fingerprint density at radius 2 is 2.12 bits per heavy atom. The summed E-state index contributed by atoms with van der Waals surface area (Å²) in [5.74, 6) is 0. The van der Waals surface area contributed by atoms with E-state index in [0.29, 0.717) is 12.0 Å². The number of aromatic nitrogens is 1. The first kappa shape index (κ1) is 11.0. The summed E-state index contributed by atoms with van der Waals surface area (Å²) in [6.07, 6.45) is 3.23. The molecule has 80 valence electrons. The fourth-order valence-corrected chi connectivity index (χ4v) is 1.99. The SMILES string of the molecule is O=Cc1cccnc1Cc1cccc(Br)c1. The van der Waals surface area contributed by atoms with E-state index in [9.17, 15) is 4.79 Å². The lowest BCUT2D eigenvalue weighted by Crippen LogP contribution is -1.97. The van der Waals surface area contributed by atoms with Crippen molar-refractivity contribution in [1.82, 2.24) is 4.98 Å². The third-order valence-corrected chi connectivity index (χ3v) is 2.81. The number of carbonyl (C=O) groups is 1. The van der Waals surface area contributed by atoms with Crippen molar-refractivity contribution >= 4 is 22.2 Å². The Labute approximate surface area is 102 Å². The van der Waals surface area contributed by atoms with Crippen molar-refractivity contribution in [2.24, 2.45) is 0 Å². The Balaban J connectivity index is 2.30. The molecule has 0 fully saturated rings. The summed E-state index contributed by atoms with van der Waals surface area (Å²) < 4.78 is 1.04. The average molecular weight is 276 g/mol. The third kappa shape index (κ3) is 2.55. The van der Waals surface area contributed by atoms with E-state index >= 15 is 0 Å². The molecule has 3 heteroatoms. The molecule has 0 aliphatic rings. The Bertz CT molecular complexity index is 511. The van der Waals surface area contributed by atoms with Crippen LogP contribution in [0.4, 0.5) is 0 Å². The van der Waals surface area contributed by atoms with Crippen LogP contribution < -0.4 is 0 Å². The van der Waals surface area contributed by atoms with E-state index in [2.05, 4.69) is 20.9 Å². The molecule has 16 heavy (non-hydrogen) atoms. The van der Waals surface area contributed by atoms with Crippen LogP contribution in [-0.2, 0) is 6.42 Å². The van der Waals surface area contributed by atoms with Gasteiger partial charge in [0.2, 0.25) is 0 Å². The van der Waals surface area contributed by atoms with E-state index < -0.39 is 0 Å². The van der Waals surface area contributed by atoms with E-state index in [4.69, 9.17) is 0 Å². The van der Waals surface area contributed by atoms with Crippen LogP contribution in [-0.4, -0.2) is 11.3 Å². The molecule has 0 N–H and O–H groups in total. The highest BCUT2D eigenvalue weighted by Gasteiger charge is 2.03. The highest BCUT2D eigenvalue weighted by Crippen LogP contribution is 2.15. The highest BCUT2D eigenvalue weighted by atomic mass is 79.9. The van der Waals surface area contributed by atoms with Crippen molar-refractivity contribution in [3.8, 4) is 0 Å². The lowest BCUT2D eigenvalue weighted by atomic mass is 10.1. The number of nitrogens with zero attached hydrogens (tertiary/aromatic N) is 1. The van der Waals surface area contributed by atoms with Crippen LogP contribution >= 0.6 is 15.9 Å². The Hall–Kier alpha value is -1.48. The van der Waals surface area contributed by atoms with Gasteiger partial charge in [0.1, 0.15) is 0 Å². The maximum Gasteiger partial charge on any atom is 0.151 e. The lowest BCUT2D eigenvalue weighted by molar-refractivity contribution is 0.112. The molecule has 0 saturated heterocycles. The van der Waals surface area contributed by atoms with Crippen LogP contribution in [0.25, 0.3) is 0 Å². The quantitative estimate of drug-likeness (QED) is 0.805. The van der Waals surface area contributed by atoms with Crippen molar-refractivity contribution in [2.75, 3.05) is 0 Å². The number of aldehydes is 1. The minimum absolute atomic E-state index is 0.655. The molecule has 0 aliphatic carbocycles. The van der Waals surface area contributed by atoms with E-state index in [0.717, 1.165) is 22.0 Å². The molecule has 0 saturated carbocycles. The molecule has 1 aromatic carbocycles. The maximum atomic E-state index is 10.8. The zero-order valence-electron chi connectivity index (χ0n) is 8.56. The molecule has 0 amide bonds. The third-order valence-electron chi connectivity index (χ3n) is 2.31. The van der Waals surface area contributed by atoms with Crippen molar-refractivity contribution in [3.05, 3.63) is 63.9 Å². The summed E-state index contributed by atoms with van der Waals surface area (Å²) in [7, 11) is 0. The monoisotopic (exact) mass is 275 g/mol. The second-order valence-electron chi connectivity index (χ2n) is 3.46. The van der Waals surface area contributed by atoms with Gasteiger partial charge < -0.3 is 0 Å². The lowest BCUT2D eigenvalue weighted by Gasteiger charge is -2.03. The summed E-state index contributed by atoms with van der Waals surface area (Å²) >= 11 is 3.42.